The highest BCUT2D eigenvalue weighted by Gasteiger charge is 2.37. The maximum absolute atomic E-state index is 14.7. The molecule has 0 radical (unpaired) electrons. The Bertz CT molecular complexity index is 1900. The molecule has 1 N–H and O–H groups in total. The molecule has 0 aromatic heterocycles. The number of amides is 2. The van der Waals surface area contributed by atoms with Crippen molar-refractivity contribution in [2.24, 2.45) is 0 Å². The molecule has 8 nitrogen and oxygen atoms in total. The fourth-order valence-electron chi connectivity index (χ4n) is 6.27. The van der Waals surface area contributed by atoms with Crippen LogP contribution in [0.5, 0.6) is 5.75 Å². The van der Waals surface area contributed by atoms with Crippen LogP contribution in [0.1, 0.15) is 54.4 Å². The van der Waals surface area contributed by atoms with Crippen molar-refractivity contribution in [1.29, 1.82) is 0 Å². The third-order valence-electron chi connectivity index (χ3n) is 9.06. The van der Waals surface area contributed by atoms with Crippen LogP contribution in [0.15, 0.2) is 108 Å². The van der Waals surface area contributed by atoms with Crippen molar-refractivity contribution in [1.82, 2.24) is 10.2 Å². The standard InChI is InChI=1S/C39H42F3N3O5S/c1-28-19-21-35(22-20-28)51(48,49)45(33-17-10-14-31(25-33)39(40,41)42)27-37(46)44(26-30-13-9-18-34(23-30)50-2)36(24-29-11-5-3-6-12-29)38(47)43-32-15-7-4-8-16-32/h3,5-6,9-14,17-23,25,32,36H,4,7-8,15-16,24,26-27H2,1-2H3,(H,43,47). The number of halogens is 3. The number of carbonyl (C=O) groups excluding carboxylic acids is 2. The minimum atomic E-state index is -4.77. The maximum Gasteiger partial charge on any atom is 0.416 e. The molecule has 1 unspecified atom stereocenters. The van der Waals surface area contributed by atoms with E-state index in [1.807, 2.05) is 30.3 Å². The number of ether oxygens (including phenoxy) is 1. The van der Waals surface area contributed by atoms with Gasteiger partial charge in [-0.2, -0.15) is 13.2 Å². The van der Waals surface area contributed by atoms with E-state index in [9.17, 15) is 31.2 Å². The number of rotatable bonds is 13. The van der Waals surface area contributed by atoms with Gasteiger partial charge in [0.1, 0.15) is 18.3 Å². The predicted molar refractivity (Wildman–Crippen MR) is 190 cm³/mol. The number of benzene rings is 4. The highest BCUT2D eigenvalue weighted by atomic mass is 32.2. The summed E-state index contributed by atoms with van der Waals surface area (Å²) in [6, 6.07) is 24.6. The summed E-state index contributed by atoms with van der Waals surface area (Å²) in [4.78, 5) is 30.1. The van der Waals surface area contributed by atoms with Gasteiger partial charge in [-0.25, -0.2) is 8.42 Å². The van der Waals surface area contributed by atoms with E-state index >= 15 is 0 Å². The second-order valence-corrected chi connectivity index (χ2v) is 14.7. The van der Waals surface area contributed by atoms with Gasteiger partial charge in [-0.15, -0.1) is 0 Å². The molecule has 0 heterocycles. The minimum Gasteiger partial charge on any atom is -0.497 e. The smallest absolute Gasteiger partial charge is 0.416 e. The second kappa shape index (κ2) is 16.5. The number of alkyl halides is 3. The third kappa shape index (κ3) is 9.69. The summed E-state index contributed by atoms with van der Waals surface area (Å²) in [5.41, 5.74) is 0.739. The Labute approximate surface area is 297 Å². The summed E-state index contributed by atoms with van der Waals surface area (Å²) in [6.45, 7) is 0.794. The SMILES string of the molecule is COc1cccc(CN(C(=O)CN(c2cccc(C(F)(F)F)c2)S(=O)(=O)c2ccc(C)cc2)C(Cc2ccccc2)C(=O)NC2CCCCC2)c1. The number of aryl methyl sites for hydroxylation is 1. The van der Waals surface area contributed by atoms with Crippen molar-refractivity contribution in [3.05, 3.63) is 125 Å². The van der Waals surface area contributed by atoms with E-state index in [0.29, 0.717) is 21.7 Å². The number of anilines is 1. The van der Waals surface area contributed by atoms with E-state index in [0.717, 1.165) is 55.4 Å². The molecule has 1 aliphatic rings. The number of nitrogens with one attached hydrogen (secondary N) is 1. The van der Waals surface area contributed by atoms with Crippen molar-refractivity contribution < 1.29 is 35.9 Å². The Hall–Kier alpha value is -4.84. The molecule has 0 saturated heterocycles. The number of carbonyl (C=O) groups is 2. The second-order valence-electron chi connectivity index (χ2n) is 12.8. The zero-order chi connectivity index (χ0) is 36.6. The van der Waals surface area contributed by atoms with Crippen molar-refractivity contribution in [3.63, 3.8) is 0 Å². The lowest BCUT2D eigenvalue weighted by Crippen LogP contribution is -2.55. The number of hydrogen-bond acceptors (Lipinski definition) is 5. The van der Waals surface area contributed by atoms with Crippen LogP contribution >= 0.6 is 0 Å². The first kappa shape index (κ1) is 37.4. The van der Waals surface area contributed by atoms with E-state index in [1.165, 1.54) is 30.2 Å². The molecular weight excluding hydrogens is 680 g/mol. The van der Waals surface area contributed by atoms with Gasteiger partial charge in [-0.1, -0.05) is 85.5 Å². The van der Waals surface area contributed by atoms with Gasteiger partial charge in [0.15, 0.2) is 0 Å². The average molecular weight is 722 g/mol. The van der Waals surface area contributed by atoms with E-state index in [-0.39, 0.29) is 29.6 Å². The van der Waals surface area contributed by atoms with Gasteiger partial charge < -0.3 is 15.0 Å². The largest absolute Gasteiger partial charge is 0.497 e. The molecule has 0 aliphatic heterocycles. The first-order chi connectivity index (χ1) is 24.3. The van der Waals surface area contributed by atoms with E-state index in [4.69, 9.17) is 4.74 Å². The van der Waals surface area contributed by atoms with Crippen LogP contribution in [0.25, 0.3) is 0 Å². The van der Waals surface area contributed by atoms with Crippen molar-refractivity contribution in [3.8, 4) is 5.75 Å². The van der Waals surface area contributed by atoms with Crippen LogP contribution < -0.4 is 14.4 Å². The fourth-order valence-corrected chi connectivity index (χ4v) is 7.68. The first-order valence-electron chi connectivity index (χ1n) is 16.9. The Morgan fingerprint density at radius 1 is 0.863 bits per heavy atom. The zero-order valence-corrected chi connectivity index (χ0v) is 29.4. The summed E-state index contributed by atoms with van der Waals surface area (Å²) in [5, 5.41) is 3.14. The summed E-state index contributed by atoms with van der Waals surface area (Å²) >= 11 is 0. The summed E-state index contributed by atoms with van der Waals surface area (Å²) < 4.78 is 76.2. The van der Waals surface area contributed by atoms with Gasteiger partial charge >= 0.3 is 6.18 Å². The molecule has 1 aliphatic carbocycles. The number of hydrogen-bond donors (Lipinski definition) is 1. The van der Waals surface area contributed by atoms with Crippen LogP contribution in [0.3, 0.4) is 0 Å². The van der Waals surface area contributed by atoms with Crippen molar-refractivity contribution >= 4 is 27.5 Å². The van der Waals surface area contributed by atoms with Gasteiger partial charge in [-0.3, -0.25) is 13.9 Å². The molecule has 1 saturated carbocycles. The third-order valence-corrected chi connectivity index (χ3v) is 10.8. The lowest BCUT2D eigenvalue weighted by molar-refractivity contribution is -0.140. The van der Waals surface area contributed by atoms with Crippen molar-refractivity contribution in [2.45, 2.75) is 75.1 Å². The Kier molecular flexibility index (Phi) is 12.1. The molecule has 1 fully saturated rings. The summed E-state index contributed by atoms with van der Waals surface area (Å²) in [7, 11) is -3.07. The monoisotopic (exact) mass is 721 g/mol. The van der Waals surface area contributed by atoms with E-state index < -0.39 is 46.2 Å². The van der Waals surface area contributed by atoms with Crippen molar-refractivity contribution in [2.75, 3.05) is 18.0 Å². The van der Waals surface area contributed by atoms with E-state index in [2.05, 4.69) is 5.32 Å². The van der Waals surface area contributed by atoms with Crippen LogP contribution in [0, 0.1) is 6.92 Å². The molecule has 1 atom stereocenters. The molecule has 270 valence electrons. The average Bonchev–Trinajstić information content (AvgIpc) is 3.12. The molecule has 0 spiro atoms. The molecule has 2 amide bonds. The number of sulfonamides is 1. The minimum absolute atomic E-state index is 0.0817. The topological polar surface area (TPSA) is 96.0 Å². The van der Waals surface area contributed by atoms with Crippen LogP contribution in [0.4, 0.5) is 18.9 Å². The summed E-state index contributed by atoms with van der Waals surface area (Å²) in [6.07, 6.45) is -0.0647. The fraction of sp³-hybridized carbons (Fsp3) is 0.333. The molecule has 0 bridgehead atoms. The maximum atomic E-state index is 14.7. The molecule has 4 aromatic carbocycles. The Morgan fingerprint density at radius 3 is 2.20 bits per heavy atom. The Morgan fingerprint density at radius 2 is 1.53 bits per heavy atom. The molecular formula is C39H42F3N3O5S. The lowest BCUT2D eigenvalue weighted by Gasteiger charge is -2.35. The highest BCUT2D eigenvalue weighted by molar-refractivity contribution is 7.92. The number of methoxy groups -OCH3 is 1. The van der Waals surface area contributed by atoms with Gasteiger partial charge in [0.25, 0.3) is 10.0 Å². The van der Waals surface area contributed by atoms with Gasteiger partial charge in [0.05, 0.1) is 23.3 Å². The quantitative estimate of drug-likeness (QED) is 0.156. The lowest BCUT2D eigenvalue weighted by atomic mass is 9.94. The van der Waals surface area contributed by atoms with Crippen LogP contribution in [-0.4, -0.2) is 50.9 Å². The molecule has 51 heavy (non-hydrogen) atoms. The molecule has 4 aromatic rings. The first-order valence-corrected chi connectivity index (χ1v) is 18.3. The van der Waals surface area contributed by atoms with E-state index in [1.54, 1.807) is 43.3 Å². The zero-order valence-electron chi connectivity index (χ0n) is 28.6. The normalized spacial score (nSPS) is 14.4. The predicted octanol–water partition coefficient (Wildman–Crippen LogP) is 7.31. The summed E-state index contributed by atoms with van der Waals surface area (Å²) in [5.74, 6) is -0.654. The van der Waals surface area contributed by atoms with Gasteiger partial charge in [0, 0.05) is 19.0 Å². The molecule has 5 rings (SSSR count). The Balaban J connectivity index is 1.60. The van der Waals surface area contributed by atoms with Crippen LogP contribution in [0.2, 0.25) is 0 Å². The highest BCUT2D eigenvalue weighted by Crippen LogP contribution is 2.34. The van der Waals surface area contributed by atoms with Crippen LogP contribution in [-0.2, 0) is 38.8 Å². The molecule has 12 heteroatoms. The van der Waals surface area contributed by atoms with Gasteiger partial charge in [-0.05, 0) is 73.4 Å². The van der Waals surface area contributed by atoms with Gasteiger partial charge in [0.2, 0.25) is 11.8 Å². The number of nitrogens with zero attached hydrogens (tertiary/aromatic N) is 2.